The van der Waals surface area contributed by atoms with Crippen molar-refractivity contribution in [3.05, 3.63) is 34.4 Å². The van der Waals surface area contributed by atoms with Gasteiger partial charge >= 0.3 is 6.09 Å². The summed E-state index contributed by atoms with van der Waals surface area (Å²) in [6.07, 6.45) is 0.799. The number of alkyl carbamates (subject to hydrolysis) is 1. The van der Waals surface area contributed by atoms with Crippen molar-refractivity contribution < 1.29 is 19.1 Å². The molecule has 6 heteroatoms. The summed E-state index contributed by atoms with van der Waals surface area (Å²) in [7, 11) is 0. The Hall–Kier alpha value is -2.37. The standard InChI is InChI=1S/C20H30N2O4/c1-7-8-17(23)16(22-19(25)26-20(4,5)6)11-15-12(2)9-14(18(21)24)10-13(15)3/h9-10,16H,7-8,11H2,1-6H3,(H2,21,24)(H,22,25)/t16-/m0/s1. The zero-order chi connectivity index (χ0) is 20.1. The van der Waals surface area contributed by atoms with Crippen molar-refractivity contribution in [2.45, 2.75) is 72.4 Å². The van der Waals surface area contributed by atoms with Crippen molar-refractivity contribution in [3.63, 3.8) is 0 Å². The first-order valence-electron chi connectivity index (χ1n) is 8.86. The van der Waals surface area contributed by atoms with Gasteiger partial charge in [0.1, 0.15) is 5.60 Å². The number of amides is 2. The number of rotatable bonds is 7. The number of ketones is 1. The third-order valence-electron chi connectivity index (χ3n) is 3.96. The number of hydrogen-bond acceptors (Lipinski definition) is 4. The van der Waals surface area contributed by atoms with Gasteiger partial charge in [0.05, 0.1) is 6.04 Å². The first-order chi connectivity index (χ1) is 11.9. The van der Waals surface area contributed by atoms with Crippen LogP contribution in [0.5, 0.6) is 0 Å². The number of carbonyl (C=O) groups is 3. The molecule has 144 valence electrons. The van der Waals surface area contributed by atoms with E-state index in [0.717, 1.165) is 16.7 Å². The Bertz CT molecular complexity index is 667. The number of primary amides is 1. The summed E-state index contributed by atoms with van der Waals surface area (Å²) in [5, 5.41) is 2.70. The largest absolute Gasteiger partial charge is 0.444 e. The van der Waals surface area contributed by atoms with E-state index in [-0.39, 0.29) is 5.78 Å². The molecule has 0 fully saturated rings. The van der Waals surface area contributed by atoms with Gasteiger partial charge in [-0.3, -0.25) is 9.59 Å². The third-order valence-corrected chi connectivity index (χ3v) is 3.96. The summed E-state index contributed by atoms with van der Waals surface area (Å²) in [4.78, 5) is 36.0. The molecule has 0 bridgehead atoms. The molecular formula is C20H30N2O4. The zero-order valence-electron chi connectivity index (χ0n) is 16.6. The molecule has 6 nitrogen and oxygen atoms in total. The molecule has 26 heavy (non-hydrogen) atoms. The third kappa shape index (κ3) is 6.50. The lowest BCUT2D eigenvalue weighted by molar-refractivity contribution is -0.121. The lowest BCUT2D eigenvalue weighted by atomic mass is 9.91. The van der Waals surface area contributed by atoms with Gasteiger partial charge < -0.3 is 15.8 Å². The molecular weight excluding hydrogens is 332 g/mol. The fraction of sp³-hybridized carbons (Fsp3) is 0.550. The van der Waals surface area contributed by atoms with Crippen LogP contribution in [-0.2, 0) is 16.0 Å². The summed E-state index contributed by atoms with van der Waals surface area (Å²) in [6.45, 7) is 11.0. The Kier molecular flexibility index (Phi) is 7.36. The molecule has 0 unspecified atom stereocenters. The van der Waals surface area contributed by atoms with E-state index in [1.165, 1.54) is 0 Å². The van der Waals surface area contributed by atoms with Crippen LogP contribution in [0.1, 0.15) is 67.6 Å². The van der Waals surface area contributed by atoms with Gasteiger partial charge in [0.15, 0.2) is 5.78 Å². The van der Waals surface area contributed by atoms with Crippen molar-refractivity contribution in [2.24, 2.45) is 5.73 Å². The Balaban J connectivity index is 3.08. The van der Waals surface area contributed by atoms with Gasteiger partial charge in [-0.15, -0.1) is 0 Å². The highest BCUT2D eigenvalue weighted by molar-refractivity contribution is 5.93. The van der Waals surface area contributed by atoms with Crippen molar-refractivity contribution in [1.82, 2.24) is 5.32 Å². The van der Waals surface area contributed by atoms with Crippen molar-refractivity contribution in [2.75, 3.05) is 0 Å². The molecule has 0 saturated carbocycles. The Morgan fingerprint density at radius 1 is 1.15 bits per heavy atom. The minimum Gasteiger partial charge on any atom is -0.444 e. The van der Waals surface area contributed by atoms with E-state index in [2.05, 4.69) is 5.32 Å². The van der Waals surface area contributed by atoms with Crippen LogP contribution in [0.2, 0.25) is 0 Å². The number of carbonyl (C=O) groups excluding carboxylic acids is 3. The van der Waals surface area contributed by atoms with Crippen LogP contribution in [0, 0.1) is 13.8 Å². The average Bonchev–Trinajstić information content (AvgIpc) is 2.47. The molecule has 0 aliphatic rings. The number of Topliss-reactive ketones (excluding diaryl/α,β-unsaturated/α-hetero) is 1. The molecule has 0 radical (unpaired) electrons. The maximum atomic E-state index is 12.5. The van der Waals surface area contributed by atoms with E-state index in [1.807, 2.05) is 20.8 Å². The van der Waals surface area contributed by atoms with Crippen LogP contribution < -0.4 is 11.1 Å². The summed E-state index contributed by atoms with van der Waals surface area (Å²) in [6, 6.07) is 2.74. The van der Waals surface area contributed by atoms with Crippen molar-refractivity contribution in [3.8, 4) is 0 Å². The minimum absolute atomic E-state index is 0.0452. The molecule has 1 aromatic carbocycles. The molecule has 0 aliphatic heterocycles. The van der Waals surface area contributed by atoms with Crippen LogP contribution in [0.15, 0.2) is 12.1 Å². The first kappa shape index (κ1) is 21.7. The van der Waals surface area contributed by atoms with E-state index < -0.39 is 23.6 Å². The van der Waals surface area contributed by atoms with E-state index in [0.29, 0.717) is 24.8 Å². The number of ether oxygens (including phenoxy) is 1. The van der Waals surface area contributed by atoms with Gasteiger partial charge in [0, 0.05) is 18.4 Å². The average molecular weight is 362 g/mol. The molecule has 2 amide bonds. The van der Waals surface area contributed by atoms with E-state index in [1.54, 1.807) is 32.9 Å². The topological polar surface area (TPSA) is 98.5 Å². The predicted molar refractivity (Wildman–Crippen MR) is 101 cm³/mol. The van der Waals surface area contributed by atoms with Gasteiger partial charge in [-0.2, -0.15) is 0 Å². The van der Waals surface area contributed by atoms with Gasteiger partial charge in [-0.1, -0.05) is 6.92 Å². The Labute approximate surface area is 155 Å². The Morgan fingerprint density at radius 3 is 2.12 bits per heavy atom. The molecule has 3 N–H and O–H groups in total. The van der Waals surface area contributed by atoms with Gasteiger partial charge in [-0.25, -0.2) is 4.79 Å². The van der Waals surface area contributed by atoms with Gasteiger partial charge in [0.25, 0.3) is 0 Å². The summed E-state index contributed by atoms with van der Waals surface area (Å²) in [5.41, 5.74) is 7.78. The minimum atomic E-state index is -0.679. The van der Waals surface area contributed by atoms with E-state index in [4.69, 9.17) is 10.5 Å². The predicted octanol–water partition coefficient (Wildman–Crippen LogP) is 3.21. The van der Waals surface area contributed by atoms with Crippen LogP contribution in [0.3, 0.4) is 0 Å². The number of benzene rings is 1. The highest BCUT2D eigenvalue weighted by Crippen LogP contribution is 2.20. The van der Waals surface area contributed by atoms with Crippen LogP contribution in [0.25, 0.3) is 0 Å². The second-order valence-corrected chi connectivity index (χ2v) is 7.57. The lowest BCUT2D eigenvalue weighted by Gasteiger charge is -2.24. The molecule has 1 aromatic rings. The fourth-order valence-corrected chi connectivity index (χ4v) is 2.78. The molecule has 0 aliphatic carbocycles. The van der Waals surface area contributed by atoms with Gasteiger partial charge in [0.2, 0.25) is 5.91 Å². The normalized spacial score (nSPS) is 12.4. The summed E-state index contributed by atoms with van der Waals surface area (Å²) >= 11 is 0. The van der Waals surface area contributed by atoms with Crippen LogP contribution in [-0.4, -0.2) is 29.4 Å². The van der Waals surface area contributed by atoms with E-state index in [9.17, 15) is 14.4 Å². The number of nitrogens with one attached hydrogen (secondary N) is 1. The molecule has 1 rings (SSSR count). The quantitative estimate of drug-likeness (QED) is 0.778. The smallest absolute Gasteiger partial charge is 0.408 e. The lowest BCUT2D eigenvalue weighted by Crippen LogP contribution is -2.45. The highest BCUT2D eigenvalue weighted by atomic mass is 16.6. The van der Waals surface area contributed by atoms with Gasteiger partial charge in [-0.05, 0) is 69.9 Å². The Morgan fingerprint density at radius 2 is 1.69 bits per heavy atom. The number of aryl methyl sites for hydroxylation is 2. The number of nitrogens with two attached hydrogens (primary N) is 1. The van der Waals surface area contributed by atoms with E-state index >= 15 is 0 Å². The molecule has 1 atom stereocenters. The summed E-state index contributed by atoms with van der Waals surface area (Å²) < 4.78 is 5.28. The first-order valence-corrected chi connectivity index (χ1v) is 8.86. The van der Waals surface area contributed by atoms with Crippen molar-refractivity contribution >= 4 is 17.8 Å². The fourth-order valence-electron chi connectivity index (χ4n) is 2.78. The molecule has 0 saturated heterocycles. The summed E-state index contributed by atoms with van der Waals surface area (Å²) in [5.74, 6) is -0.538. The van der Waals surface area contributed by atoms with Crippen LogP contribution in [0.4, 0.5) is 4.79 Å². The SMILES string of the molecule is CCCC(=O)[C@H](Cc1c(C)cc(C(N)=O)cc1C)NC(=O)OC(C)(C)C. The molecule has 0 heterocycles. The second-order valence-electron chi connectivity index (χ2n) is 7.57. The molecule has 0 aromatic heterocycles. The van der Waals surface area contributed by atoms with Crippen molar-refractivity contribution in [1.29, 1.82) is 0 Å². The van der Waals surface area contributed by atoms with Crippen LogP contribution >= 0.6 is 0 Å². The maximum Gasteiger partial charge on any atom is 0.408 e. The monoisotopic (exact) mass is 362 g/mol. The highest BCUT2D eigenvalue weighted by Gasteiger charge is 2.25. The number of hydrogen-bond donors (Lipinski definition) is 2. The molecule has 0 spiro atoms. The zero-order valence-corrected chi connectivity index (χ0v) is 16.6. The maximum absolute atomic E-state index is 12.5. The second kappa shape index (κ2) is 8.83.